The average molecular weight is 519 g/mol. The molecule has 39 heavy (non-hydrogen) atoms. The molecule has 0 spiro atoms. The molecule has 194 valence electrons. The second kappa shape index (κ2) is 9.99. The summed E-state index contributed by atoms with van der Waals surface area (Å²) in [5.74, 6) is 0.307. The molecule has 0 aliphatic carbocycles. The summed E-state index contributed by atoms with van der Waals surface area (Å²) in [7, 11) is 0. The number of nitrogens with one attached hydrogen (secondary N) is 2. The van der Waals surface area contributed by atoms with Crippen molar-refractivity contribution in [1.82, 2.24) is 40.0 Å². The Hall–Kier alpha value is -4.50. The van der Waals surface area contributed by atoms with Gasteiger partial charge in [-0.25, -0.2) is 14.4 Å². The van der Waals surface area contributed by atoms with Crippen molar-refractivity contribution in [3.63, 3.8) is 0 Å². The summed E-state index contributed by atoms with van der Waals surface area (Å²) in [5, 5.41) is 7.56. The van der Waals surface area contributed by atoms with Gasteiger partial charge in [-0.05, 0) is 99.4 Å². The third-order valence-electron chi connectivity index (χ3n) is 7.33. The maximum Gasteiger partial charge on any atom is 0.161 e. The summed E-state index contributed by atoms with van der Waals surface area (Å²) in [5.41, 5.74) is 7.42. The molecule has 6 aromatic rings. The Morgan fingerprint density at radius 3 is 2.59 bits per heavy atom. The van der Waals surface area contributed by atoms with Crippen molar-refractivity contribution in [2.45, 2.75) is 25.7 Å². The fraction of sp³-hybridized carbons (Fsp3) is 0.233. The number of aromatic nitrogens is 7. The van der Waals surface area contributed by atoms with Crippen LogP contribution in [0.4, 0.5) is 4.39 Å². The number of aryl methyl sites for hydroxylation is 1. The van der Waals surface area contributed by atoms with Crippen LogP contribution in [0.2, 0.25) is 0 Å². The number of rotatable bonds is 7. The van der Waals surface area contributed by atoms with Crippen LogP contribution in [0.15, 0.2) is 67.0 Å². The van der Waals surface area contributed by atoms with Gasteiger partial charge in [-0.1, -0.05) is 6.07 Å². The number of hydrogen-bond acceptors (Lipinski definition) is 6. The van der Waals surface area contributed by atoms with Crippen molar-refractivity contribution < 1.29 is 4.39 Å². The van der Waals surface area contributed by atoms with Gasteiger partial charge in [0.15, 0.2) is 11.5 Å². The fourth-order valence-corrected chi connectivity index (χ4v) is 5.42. The summed E-state index contributed by atoms with van der Waals surface area (Å²) in [6, 6.07) is 16.7. The van der Waals surface area contributed by atoms with Crippen molar-refractivity contribution in [2.75, 3.05) is 19.6 Å². The van der Waals surface area contributed by atoms with Gasteiger partial charge in [0.1, 0.15) is 16.9 Å². The van der Waals surface area contributed by atoms with Crippen LogP contribution in [0.1, 0.15) is 24.8 Å². The molecule has 1 aromatic carbocycles. The first-order chi connectivity index (χ1) is 19.2. The molecule has 0 atom stereocenters. The van der Waals surface area contributed by atoms with Crippen molar-refractivity contribution in [1.29, 1.82) is 0 Å². The van der Waals surface area contributed by atoms with Gasteiger partial charge in [-0.3, -0.25) is 15.1 Å². The maximum absolute atomic E-state index is 14.7. The molecule has 0 radical (unpaired) electrons. The second-order valence-electron chi connectivity index (χ2n) is 10.0. The SMILES string of the molecule is Fc1cc(CCCN2CCCC2)cc(-c2nccc3[nH]c(-c4n[nH]c5ccc(-c6ccccn6)nc45)nc23)c1. The van der Waals surface area contributed by atoms with Crippen LogP contribution in [-0.2, 0) is 6.42 Å². The monoisotopic (exact) mass is 518 g/mol. The molecule has 0 unspecified atom stereocenters. The zero-order valence-electron chi connectivity index (χ0n) is 21.4. The summed E-state index contributed by atoms with van der Waals surface area (Å²) >= 11 is 0. The van der Waals surface area contributed by atoms with Gasteiger partial charge in [-0.15, -0.1) is 0 Å². The van der Waals surface area contributed by atoms with E-state index in [1.165, 1.54) is 32.0 Å². The minimum absolute atomic E-state index is 0.261. The van der Waals surface area contributed by atoms with Crippen molar-refractivity contribution >= 4 is 22.1 Å². The molecule has 1 saturated heterocycles. The van der Waals surface area contributed by atoms with E-state index in [2.05, 4.69) is 30.0 Å². The van der Waals surface area contributed by atoms with E-state index in [1.807, 2.05) is 42.5 Å². The number of nitrogens with zero attached hydrogens (tertiary/aromatic N) is 6. The molecule has 6 heterocycles. The van der Waals surface area contributed by atoms with Crippen LogP contribution in [0.3, 0.4) is 0 Å². The summed E-state index contributed by atoms with van der Waals surface area (Å²) in [6.07, 6.45) is 7.86. The number of pyridine rings is 3. The zero-order valence-corrected chi connectivity index (χ0v) is 21.4. The molecule has 9 heteroatoms. The number of aromatic amines is 2. The molecule has 1 aliphatic rings. The van der Waals surface area contributed by atoms with Crippen LogP contribution >= 0.6 is 0 Å². The molecule has 0 amide bonds. The Morgan fingerprint density at radius 2 is 1.72 bits per heavy atom. The molecule has 2 N–H and O–H groups in total. The molecule has 0 bridgehead atoms. The highest BCUT2D eigenvalue weighted by Gasteiger charge is 2.18. The van der Waals surface area contributed by atoms with Crippen LogP contribution in [0.25, 0.3) is 56.2 Å². The minimum atomic E-state index is -0.261. The normalized spacial score (nSPS) is 14.1. The first kappa shape index (κ1) is 23.6. The average Bonchev–Trinajstić information content (AvgIpc) is 3.72. The summed E-state index contributed by atoms with van der Waals surface area (Å²) in [4.78, 5) is 24.6. The number of imidazole rings is 1. The Balaban J connectivity index is 1.23. The van der Waals surface area contributed by atoms with Crippen LogP contribution in [-0.4, -0.2) is 59.7 Å². The Bertz CT molecular complexity index is 1770. The van der Waals surface area contributed by atoms with Gasteiger partial charge in [0, 0.05) is 18.0 Å². The van der Waals surface area contributed by atoms with E-state index in [1.54, 1.807) is 18.5 Å². The first-order valence-corrected chi connectivity index (χ1v) is 13.3. The van der Waals surface area contributed by atoms with E-state index < -0.39 is 0 Å². The third-order valence-corrected chi connectivity index (χ3v) is 7.33. The van der Waals surface area contributed by atoms with E-state index in [0.29, 0.717) is 28.2 Å². The lowest BCUT2D eigenvalue weighted by molar-refractivity contribution is 0.334. The Kier molecular flexibility index (Phi) is 6.05. The smallest absolute Gasteiger partial charge is 0.161 e. The van der Waals surface area contributed by atoms with E-state index >= 15 is 0 Å². The van der Waals surface area contributed by atoms with Crippen molar-refractivity contribution in [2.24, 2.45) is 0 Å². The van der Waals surface area contributed by atoms with Crippen LogP contribution in [0.5, 0.6) is 0 Å². The highest BCUT2D eigenvalue weighted by molar-refractivity contribution is 5.95. The summed E-state index contributed by atoms with van der Waals surface area (Å²) < 4.78 is 14.7. The number of benzene rings is 1. The number of hydrogen-bond donors (Lipinski definition) is 2. The third kappa shape index (κ3) is 4.66. The number of H-pyrrole nitrogens is 2. The Morgan fingerprint density at radius 1 is 0.821 bits per heavy atom. The van der Waals surface area contributed by atoms with E-state index in [0.717, 1.165) is 52.9 Å². The first-order valence-electron chi connectivity index (χ1n) is 13.3. The molecule has 8 nitrogen and oxygen atoms in total. The second-order valence-corrected chi connectivity index (χ2v) is 10.0. The van der Waals surface area contributed by atoms with E-state index in [4.69, 9.17) is 9.97 Å². The molecule has 1 aliphatic heterocycles. The van der Waals surface area contributed by atoms with Crippen LogP contribution < -0.4 is 0 Å². The molecule has 7 rings (SSSR count). The number of likely N-dealkylation sites (tertiary alicyclic amines) is 1. The topological polar surface area (TPSA) is 99.3 Å². The van der Waals surface area contributed by atoms with E-state index in [9.17, 15) is 4.39 Å². The van der Waals surface area contributed by atoms with Gasteiger partial charge in [-0.2, -0.15) is 5.10 Å². The minimum Gasteiger partial charge on any atom is -0.336 e. The van der Waals surface area contributed by atoms with Crippen molar-refractivity contribution in [3.8, 4) is 34.2 Å². The van der Waals surface area contributed by atoms with Crippen LogP contribution in [0, 0.1) is 5.82 Å². The van der Waals surface area contributed by atoms with Gasteiger partial charge in [0.05, 0.1) is 28.1 Å². The van der Waals surface area contributed by atoms with Crippen molar-refractivity contribution in [3.05, 3.63) is 78.4 Å². The maximum atomic E-state index is 14.7. The number of fused-ring (bicyclic) bond motifs is 2. The predicted molar refractivity (Wildman–Crippen MR) is 149 cm³/mol. The van der Waals surface area contributed by atoms with Gasteiger partial charge >= 0.3 is 0 Å². The lowest BCUT2D eigenvalue weighted by Gasteiger charge is -2.14. The zero-order chi connectivity index (χ0) is 26.2. The fourth-order valence-electron chi connectivity index (χ4n) is 5.42. The highest BCUT2D eigenvalue weighted by atomic mass is 19.1. The van der Waals surface area contributed by atoms with E-state index in [-0.39, 0.29) is 5.82 Å². The molecular formula is C30H27FN8. The Labute approximate surface area is 224 Å². The lowest BCUT2D eigenvalue weighted by Crippen LogP contribution is -2.20. The standard InChI is InChI=1S/C30H27FN8/c31-21-17-19(6-5-15-39-13-3-4-14-39)16-20(18-21)26-27-24(10-12-33-26)35-30(36-27)29-28-25(37-38-29)9-8-23(34-28)22-7-1-2-11-32-22/h1-2,7-12,16-18H,3-6,13-15H2,(H,35,36)(H,37,38). The summed E-state index contributed by atoms with van der Waals surface area (Å²) in [6.45, 7) is 3.40. The highest BCUT2D eigenvalue weighted by Crippen LogP contribution is 2.31. The van der Waals surface area contributed by atoms with Gasteiger partial charge in [0.2, 0.25) is 0 Å². The van der Waals surface area contributed by atoms with Gasteiger partial charge < -0.3 is 9.88 Å². The predicted octanol–water partition coefficient (Wildman–Crippen LogP) is 5.79. The molecule has 0 saturated carbocycles. The largest absolute Gasteiger partial charge is 0.336 e. The molecular weight excluding hydrogens is 491 g/mol. The molecule has 5 aromatic heterocycles. The molecule has 1 fully saturated rings. The quantitative estimate of drug-likeness (QED) is 0.277. The number of halogens is 1. The lowest BCUT2D eigenvalue weighted by atomic mass is 10.0. The van der Waals surface area contributed by atoms with Gasteiger partial charge in [0.25, 0.3) is 0 Å².